The number of benzene rings is 3. The van der Waals surface area contributed by atoms with Crippen LogP contribution >= 0.6 is 18.2 Å². The average Bonchev–Trinajstić information content (AvgIpc) is 3.68. The minimum Gasteiger partial charge on any atom is -0.456 e. The Morgan fingerprint density at radius 2 is 1.20 bits per heavy atom. The number of Topliss-reactive ketones (excluding diaryl/α,β-unsaturated/α-hetero) is 1. The first kappa shape index (κ1) is 47.4. The van der Waals surface area contributed by atoms with Crippen LogP contribution in [0.4, 0.5) is 0 Å². The van der Waals surface area contributed by atoms with Gasteiger partial charge in [-0.25, -0.2) is 9.59 Å². The number of hydrogen-bond acceptors (Lipinski definition) is 10. The van der Waals surface area contributed by atoms with E-state index in [0.29, 0.717) is 4.88 Å². The van der Waals surface area contributed by atoms with Crippen LogP contribution in [0.25, 0.3) is 0 Å². The molecule has 5 rings (SSSR count). The minimum absolute atomic E-state index is 0.0436. The van der Waals surface area contributed by atoms with Gasteiger partial charge in [0.25, 0.3) is 0 Å². The second-order valence-electron chi connectivity index (χ2n) is 18.9. The first-order valence-electron chi connectivity index (χ1n) is 20.5. The fraction of sp³-hybridized carbons (Fsp3) is 0.417. The molecule has 2 heterocycles. The molecule has 0 saturated carbocycles. The molecule has 0 unspecified atom stereocenters. The number of thiophene rings is 1. The zero-order chi connectivity index (χ0) is 45.1. The Kier molecular flexibility index (Phi) is 14.3. The second-order valence-corrected chi connectivity index (χ2v) is 28.1. The first-order valence-corrected chi connectivity index (χ1v) is 26.1. The number of esters is 3. The lowest BCUT2D eigenvalue weighted by molar-refractivity contribution is -0.171. The van der Waals surface area contributed by atoms with E-state index in [2.05, 4.69) is 33.9 Å². The van der Waals surface area contributed by atoms with Gasteiger partial charge < -0.3 is 23.5 Å². The molecule has 0 radical (unpaired) electrons. The summed E-state index contributed by atoms with van der Waals surface area (Å²) < 4.78 is 23.9. The molecule has 1 aliphatic rings. The highest BCUT2D eigenvalue weighted by atomic mass is 32.1. The summed E-state index contributed by atoms with van der Waals surface area (Å²) in [6.45, 7) is 18.8. The van der Waals surface area contributed by atoms with E-state index in [1.165, 1.54) is 4.90 Å². The number of hydrogen-bond donors (Lipinski definition) is 0. The van der Waals surface area contributed by atoms with E-state index >= 15 is 9.59 Å². The molecule has 61 heavy (non-hydrogen) atoms. The first-order chi connectivity index (χ1) is 28.4. The predicted molar refractivity (Wildman–Crippen MR) is 247 cm³/mol. The van der Waals surface area contributed by atoms with Crippen LogP contribution in [0.3, 0.4) is 0 Å². The summed E-state index contributed by atoms with van der Waals surface area (Å²) in [5.74, 6) is -3.51. The largest absolute Gasteiger partial charge is 0.456 e. The molecule has 1 amide bonds. The van der Waals surface area contributed by atoms with Crippen LogP contribution in [-0.4, -0.2) is 72.8 Å². The fourth-order valence-electron chi connectivity index (χ4n) is 7.07. The standard InChI is InChI=1S/C48H60NO9PSSi/c1-32(58-61(11,12)48(8,9)10)40-36(30-37(50)38-28-29-39(60-38)43(52)57-47(5,6)7)49(41(40)51)42(44(53)55-31-56-45(54)46(2,3)4)59(33-22-16-13-17-23-33,34-24-18-14-19-25-34)35-26-20-15-21-27-35/h13-29,32,36,40H,30-31H2,1-12H3/t32-,36-,40-/m1/s1. The van der Waals surface area contributed by atoms with Crippen molar-refractivity contribution < 1.29 is 42.6 Å². The lowest BCUT2D eigenvalue weighted by Gasteiger charge is -2.52. The molecule has 0 spiro atoms. The number of nitrogens with zero attached hydrogens (tertiary/aromatic N) is 1. The van der Waals surface area contributed by atoms with Crippen molar-refractivity contribution in [3.8, 4) is 0 Å². The molecule has 0 aliphatic carbocycles. The van der Waals surface area contributed by atoms with Gasteiger partial charge in [0.1, 0.15) is 15.9 Å². The summed E-state index contributed by atoms with van der Waals surface area (Å²) >= 11 is 1.03. The number of β-lactam (4-membered cyclic amide) rings is 1. The van der Waals surface area contributed by atoms with Crippen LogP contribution in [-0.2, 0) is 33.0 Å². The van der Waals surface area contributed by atoms with E-state index < -0.39 is 74.9 Å². The van der Waals surface area contributed by atoms with Crippen LogP contribution in [0.1, 0.15) is 95.0 Å². The number of ketones is 1. The van der Waals surface area contributed by atoms with Gasteiger partial charge in [0.2, 0.25) is 12.7 Å². The van der Waals surface area contributed by atoms with Crippen molar-refractivity contribution in [1.82, 2.24) is 4.90 Å². The third-order valence-corrected chi connectivity index (χ3v) is 21.0. The molecule has 13 heteroatoms. The Morgan fingerprint density at radius 1 is 0.721 bits per heavy atom. The van der Waals surface area contributed by atoms with Gasteiger partial charge in [0.05, 0.1) is 28.4 Å². The van der Waals surface area contributed by atoms with E-state index in [4.69, 9.17) is 18.6 Å². The van der Waals surface area contributed by atoms with Crippen molar-refractivity contribution in [3.05, 3.63) is 113 Å². The third-order valence-electron chi connectivity index (χ3n) is 11.1. The summed E-state index contributed by atoms with van der Waals surface area (Å²) in [7, 11) is -2.46. The molecule has 3 atom stereocenters. The molecule has 10 nitrogen and oxygen atoms in total. The van der Waals surface area contributed by atoms with Crippen LogP contribution in [0.2, 0.25) is 18.1 Å². The fourth-order valence-corrected chi connectivity index (χ4v) is 13.7. The molecule has 1 saturated heterocycles. The average molecular weight is 886 g/mol. The van der Waals surface area contributed by atoms with Crippen molar-refractivity contribution in [2.24, 2.45) is 11.3 Å². The van der Waals surface area contributed by atoms with Crippen molar-refractivity contribution in [2.45, 2.75) is 112 Å². The highest BCUT2D eigenvalue weighted by molar-refractivity contribution is 7.96. The topological polar surface area (TPSA) is 126 Å². The Balaban J connectivity index is 1.78. The van der Waals surface area contributed by atoms with Crippen LogP contribution in [0, 0.1) is 11.3 Å². The number of rotatable bonds is 14. The molecular formula is C48H60NO9PSSi. The Bertz CT molecular complexity index is 2180. The molecule has 0 N–H and O–H groups in total. The Labute approximate surface area is 366 Å². The SMILES string of the molecule is C[C@@H](O[Si](C)(C)C(C)(C)C)[C@H]1C(=O)N(C(C(=O)OCOC(=O)C(C)(C)C)=P(c2ccccc2)(c2ccccc2)c2ccccc2)[C@@H]1CC(=O)c1ccc(C(=O)OC(C)(C)C)s1. The number of likely N-dealkylation sites (tertiary alicyclic amines) is 1. The highest BCUT2D eigenvalue weighted by Gasteiger charge is 2.57. The van der Waals surface area contributed by atoms with Crippen molar-refractivity contribution in [3.63, 3.8) is 0 Å². The zero-order valence-corrected chi connectivity index (χ0v) is 40.1. The Morgan fingerprint density at radius 3 is 1.64 bits per heavy atom. The van der Waals surface area contributed by atoms with Gasteiger partial charge in [-0.3, -0.25) is 14.4 Å². The van der Waals surface area contributed by atoms with Crippen LogP contribution < -0.4 is 15.9 Å². The maximum Gasteiger partial charge on any atom is 0.358 e. The monoisotopic (exact) mass is 885 g/mol. The zero-order valence-electron chi connectivity index (χ0n) is 37.4. The summed E-state index contributed by atoms with van der Waals surface area (Å²) in [6.07, 6.45) is -0.824. The van der Waals surface area contributed by atoms with Crippen molar-refractivity contribution >= 4 is 77.5 Å². The normalized spacial score (nSPS) is 16.6. The molecular weight excluding hydrogens is 826 g/mol. The molecule has 3 aromatic carbocycles. The second kappa shape index (κ2) is 18.4. The summed E-state index contributed by atoms with van der Waals surface area (Å²) in [6, 6.07) is 30.9. The maximum absolute atomic E-state index is 15.3. The van der Waals surface area contributed by atoms with E-state index in [-0.39, 0.29) is 27.5 Å². The number of carbonyl (C=O) groups is 5. The summed E-state index contributed by atoms with van der Waals surface area (Å²) in [5, 5.41) is 2.10. The van der Waals surface area contributed by atoms with Gasteiger partial charge in [-0.15, -0.1) is 11.3 Å². The summed E-state index contributed by atoms with van der Waals surface area (Å²) in [5.41, 5.74) is -1.56. The van der Waals surface area contributed by atoms with Gasteiger partial charge in [-0.2, -0.15) is 0 Å². The highest BCUT2D eigenvalue weighted by Crippen LogP contribution is 2.51. The van der Waals surface area contributed by atoms with E-state index in [1.54, 1.807) is 53.7 Å². The minimum atomic E-state index is -3.38. The van der Waals surface area contributed by atoms with Gasteiger partial charge in [0, 0.05) is 13.3 Å². The molecule has 326 valence electrons. The van der Waals surface area contributed by atoms with Gasteiger partial charge in [-0.05, 0) is 94.6 Å². The van der Waals surface area contributed by atoms with E-state index in [0.717, 1.165) is 27.3 Å². The molecule has 1 fully saturated rings. The predicted octanol–water partition coefficient (Wildman–Crippen LogP) is 8.73. The van der Waals surface area contributed by atoms with Crippen molar-refractivity contribution in [2.75, 3.05) is 6.79 Å². The quantitative estimate of drug-likeness (QED) is 0.0305. The van der Waals surface area contributed by atoms with Gasteiger partial charge in [-0.1, -0.05) is 112 Å². The maximum atomic E-state index is 15.3. The summed E-state index contributed by atoms with van der Waals surface area (Å²) in [4.78, 5) is 73.1. The van der Waals surface area contributed by atoms with Crippen molar-refractivity contribution in [1.29, 1.82) is 0 Å². The molecule has 1 aromatic heterocycles. The molecule has 4 aromatic rings. The Hall–Kier alpha value is -4.61. The van der Waals surface area contributed by atoms with E-state index in [1.807, 2.05) is 97.9 Å². The smallest absolute Gasteiger partial charge is 0.358 e. The molecule has 1 aliphatic heterocycles. The number of amides is 1. The lowest BCUT2D eigenvalue weighted by Crippen LogP contribution is -2.69. The van der Waals surface area contributed by atoms with Gasteiger partial charge in [0.15, 0.2) is 14.1 Å². The van der Waals surface area contributed by atoms with Crippen LogP contribution in [0.15, 0.2) is 103 Å². The van der Waals surface area contributed by atoms with Crippen LogP contribution in [0.5, 0.6) is 0 Å². The lowest BCUT2D eigenvalue weighted by atomic mass is 9.80. The van der Waals surface area contributed by atoms with Gasteiger partial charge >= 0.3 is 17.9 Å². The van der Waals surface area contributed by atoms with E-state index in [9.17, 15) is 14.4 Å². The third kappa shape index (κ3) is 10.4. The number of carbonyl (C=O) groups excluding carboxylic acids is 5. The molecule has 0 bridgehead atoms. The number of ether oxygens (including phenoxy) is 3.